The maximum atomic E-state index is 12.9. The van der Waals surface area contributed by atoms with E-state index in [4.69, 9.17) is 25.8 Å². The molecular formula is C27H37Cl2N3O4. The summed E-state index contributed by atoms with van der Waals surface area (Å²) in [6.07, 6.45) is 6.72. The summed E-state index contributed by atoms with van der Waals surface area (Å²) in [6, 6.07) is 12.0. The molecule has 2 atom stereocenters. The molecule has 9 heteroatoms. The average molecular weight is 539 g/mol. The molecule has 1 aliphatic carbocycles. The minimum atomic E-state index is -0.214. The van der Waals surface area contributed by atoms with Gasteiger partial charge < -0.3 is 24.8 Å². The Morgan fingerprint density at radius 3 is 2.19 bits per heavy atom. The smallest absolute Gasteiger partial charge is 0.319 e. The summed E-state index contributed by atoms with van der Waals surface area (Å²) in [6.45, 7) is 2.16. The number of carbonyl (C=O) groups is 1. The molecule has 2 amide bonds. The van der Waals surface area contributed by atoms with Crippen molar-refractivity contribution in [2.45, 2.75) is 50.6 Å². The summed E-state index contributed by atoms with van der Waals surface area (Å²) in [4.78, 5) is 15.4. The molecule has 0 unspecified atom stereocenters. The maximum Gasteiger partial charge on any atom is 0.319 e. The summed E-state index contributed by atoms with van der Waals surface area (Å²) < 4.78 is 16.1. The molecule has 1 saturated carbocycles. The molecule has 2 aliphatic rings. The van der Waals surface area contributed by atoms with Crippen molar-refractivity contribution in [2.75, 3.05) is 39.7 Å². The highest BCUT2D eigenvalue weighted by Crippen LogP contribution is 2.40. The zero-order chi connectivity index (χ0) is 24.8. The van der Waals surface area contributed by atoms with Crippen LogP contribution in [0.15, 0.2) is 36.4 Å². The Kier molecular flexibility index (Phi) is 10.4. The van der Waals surface area contributed by atoms with Crippen molar-refractivity contribution < 1.29 is 19.0 Å². The fraction of sp³-hybridized carbons (Fsp3) is 0.519. The van der Waals surface area contributed by atoms with Gasteiger partial charge in [-0.1, -0.05) is 23.7 Å². The highest BCUT2D eigenvalue weighted by molar-refractivity contribution is 6.30. The Bertz CT molecular complexity index is 972. The molecular weight excluding hydrogens is 501 g/mol. The molecule has 2 N–H and O–H groups in total. The van der Waals surface area contributed by atoms with Crippen LogP contribution in [0, 0.1) is 5.92 Å². The van der Waals surface area contributed by atoms with Crippen molar-refractivity contribution in [1.82, 2.24) is 10.2 Å². The normalized spacial score (nSPS) is 20.3. The first-order valence-corrected chi connectivity index (χ1v) is 12.7. The van der Waals surface area contributed by atoms with Gasteiger partial charge in [-0.2, -0.15) is 0 Å². The number of carbonyl (C=O) groups excluding carboxylic acids is 1. The first-order valence-electron chi connectivity index (χ1n) is 12.4. The van der Waals surface area contributed by atoms with E-state index in [1.807, 2.05) is 12.1 Å². The molecule has 4 rings (SSSR count). The number of hydrogen-bond acceptors (Lipinski definition) is 5. The molecule has 1 saturated heterocycles. The number of benzene rings is 2. The Morgan fingerprint density at radius 2 is 1.61 bits per heavy atom. The third-order valence-corrected chi connectivity index (χ3v) is 7.53. The summed E-state index contributed by atoms with van der Waals surface area (Å²) >= 11 is 6.02. The minimum Gasteiger partial charge on any atom is -0.493 e. The molecule has 0 bridgehead atoms. The van der Waals surface area contributed by atoms with E-state index in [1.54, 1.807) is 33.5 Å². The molecule has 0 spiro atoms. The Labute approximate surface area is 225 Å². The number of hydrogen-bond donors (Lipinski definition) is 2. The van der Waals surface area contributed by atoms with Crippen LogP contribution in [-0.2, 0) is 6.42 Å². The van der Waals surface area contributed by atoms with Crippen LogP contribution in [0.25, 0.3) is 0 Å². The molecule has 2 aromatic rings. The Hall–Kier alpha value is -2.35. The van der Waals surface area contributed by atoms with Gasteiger partial charge in [-0.05, 0) is 75.2 Å². The van der Waals surface area contributed by atoms with Gasteiger partial charge >= 0.3 is 6.03 Å². The number of nitrogens with zero attached hydrogens (tertiary/aromatic N) is 1. The number of likely N-dealkylation sites (tertiary alicyclic amines) is 1. The number of anilines is 1. The lowest BCUT2D eigenvalue weighted by molar-refractivity contribution is 0.119. The van der Waals surface area contributed by atoms with Gasteiger partial charge in [-0.15, -0.1) is 12.4 Å². The van der Waals surface area contributed by atoms with Crippen LogP contribution in [0.2, 0.25) is 5.02 Å². The first kappa shape index (κ1) is 28.2. The van der Waals surface area contributed by atoms with Crippen molar-refractivity contribution in [1.29, 1.82) is 0 Å². The number of piperidine rings is 1. The second-order valence-electron chi connectivity index (χ2n) is 9.43. The third kappa shape index (κ3) is 6.90. The molecule has 1 aliphatic heterocycles. The second-order valence-corrected chi connectivity index (χ2v) is 9.86. The van der Waals surface area contributed by atoms with Crippen LogP contribution >= 0.6 is 24.0 Å². The average Bonchev–Trinajstić information content (AvgIpc) is 3.33. The van der Waals surface area contributed by atoms with E-state index in [1.165, 1.54) is 18.4 Å². The van der Waals surface area contributed by atoms with Crippen LogP contribution in [0.3, 0.4) is 0 Å². The molecule has 198 valence electrons. The van der Waals surface area contributed by atoms with E-state index in [-0.39, 0.29) is 24.5 Å². The van der Waals surface area contributed by atoms with Crippen molar-refractivity contribution in [2.24, 2.45) is 5.92 Å². The lowest BCUT2D eigenvalue weighted by atomic mass is 9.89. The molecule has 0 aromatic heterocycles. The van der Waals surface area contributed by atoms with Gasteiger partial charge in [0, 0.05) is 29.2 Å². The van der Waals surface area contributed by atoms with Gasteiger partial charge in [0.1, 0.15) is 0 Å². The molecule has 36 heavy (non-hydrogen) atoms. The van der Waals surface area contributed by atoms with Gasteiger partial charge in [0.05, 0.1) is 27.0 Å². The monoisotopic (exact) mass is 537 g/mol. The van der Waals surface area contributed by atoms with Crippen LogP contribution < -0.4 is 24.8 Å². The number of amides is 2. The predicted molar refractivity (Wildman–Crippen MR) is 146 cm³/mol. The fourth-order valence-corrected chi connectivity index (χ4v) is 5.60. The number of urea groups is 1. The molecule has 7 nitrogen and oxygen atoms in total. The Balaban J connectivity index is 0.00000361. The van der Waals surface area contributed by atoms with E-state index < -0.39 is 0 Å². The van der Waals surface area contributed by atoms with E-state index in [9.17, 15) is 4.79 Å². The molecule has 0 radical (unpaired) electrons. The topological polar surface area (TPSA) is 72.1 Å². The van der Waals surface area contributed by atoms with Gasteiger partial charge in [-0.3, -0.25) is 4.90 Å². The number of nitrogens with one attached hydrogen (secondary N) is 2. The van der Waals surface area contributed by atoms with E-state index in [2.05, 4.69) is 27.7 Å². The van der Waals surface area contributed by atoms with Crippen molar-refractivity contribution >= 4 is 35.7 Å². The molecule has 1 heterocycles. The standard InChI is InChI=1S/C27H36ClN3O4.ClH/c1-33-24-16-21(17-25(34-2)26(24)35-3)29-27(32)30-22-5-4-6-23(22)31-13-11-19(12-14-31)15-18-7-9-20(28)10-8-18;/h7-10,16-17,19,22-23H,4-6,11-15H2,1-3H3,(H2,29,30,32);1H/t22-,23-;/m1./s1. The highest BCUT2D eigenvalue weighted by Gasteiger charge is 2.35. The number of rotatable bonds is 8. The lowest BCUT2D eigenvalue weighted by Gasteiger charge is -2.38. The zero-order valence-corrected chi connectivity index (χ0v) is 22.8. The summed E-state index contributed by atoms with van der Waals surface area (Å²) in [5.41, 5.74) is 1.95. The van der Waals surface area contributed by atoms with Crippen LogP contribution in [0.4, 0.5) is 10.5 Å². The van der Waals surface area contributed by atoms with Gasteiger partial charge in [0.15, 0.2) is 11.5 Å². The Morgan fingerprint density at radius 1 is 0.972 bits per heavy atom. The van der Waals surface area contributed by atoms with Gasteiger partial charge in [0.25, 0.3) is 0 Å². The number of ether oxygens (including phenoxy) is 3. The lowest BCUT2D eigenvalue weighted by Crippen LogP contribution is -2.52. The summed E-state index contributed by atoms with van der Waals surface area (Å²) in [7, 11) is 4.67. The number of methoxy groups -OCH3 is 3. The van der Waals surface area contributed by atoms with Crippen molar-refractivity contribution in [3.05, 3.63) is 47.0 Å². The fourth-order valence-electron chi connectivity index (χ4n) is 5.48. The number of halogens is 2. The van der Waals surface area contributed by atoms with E-state index in [0.29, 0.717) is 34.9 Å². The van der Waals surface area contributed by atoms with Crippen LogP contribution in [-0.4, -0.2) is 57.4 Å². The highest BCUT2D eigenvalue weighted by atomic mass is 35.5. The minimum absolute atomic E-state index is 0. The van der Waals surface area contributed by atoms with Gasteiger partial charge in [0.2, 0.25) is 5.75 Å². The molecule has 2 aromatic carbocycles. The van der Waals surface area contributed by atoms with E-state index >= 15 is 0 Å². The van der Waals surface area contributed by atoms with E-state index in [0.717, 1.165) is 43.8 Å². The summed E-state index contributed by atoms with van der Waals surface area (Å²) in [5, 5.41) is 6.94. The predicted octanol–water partition coefficient (Wildman–Crippen LogP) is 5.78. The largest absolute Gasteiger partial charge is 0.493 e. The SMILES string of the molecule is COc1cc(NC(=O)N[C@@H]2CCC[C@H]2N2CCC(Cc3ccc(Cl)cc3)CC2)cc(OC)c1OC.Cl. The maximum absolute atomic E-state index is 12.9. The van der Waals surface area contributed by atoms with Gasteiger partial charge in [-0.25, -0.2) is 4.79 Å². The summed E-state index contributed by atoms with van der Waals surface area (Å²) in [5.74, 6) is 2.20. The zero-order valence-electron chi connectivity index (χ0n) is 21.2. The quantitative estimate of drug-likeness (QED) is 0.446. The van der Waals surface area contributed by atoms with Crippen LogP contribution in [0.1, 0.15) is 37.7 Å². The first-order chi connectivity index (χ1) is 17.0. The molecule has 2 fully saturated rings. The second kappa shape index (κ2) is 13.3. The third-order valence-electron chi connectivity index (χ3n) is 7.27. The van der Waals surface area contributed by atoms with Crippen molar-refractivity contribution in [3.8, 4) is 17.2 Å². The van der Waals surface area contributed by atoms with Crippen LogP contribution in [0.5, 0.6) is 17.2 Å². The van der Waals surface area contributed by atoms with Crippen molar-refractivity contribution in [3.63, 3.8) is 0 Å².